The second-order valence-electron chi connectivity index (χ2n) is 6.06. The zero-order valence-electron chi connectivity index (χ0n) is 12.3. The molecule has 21 heavy (non-hydrogen) atoms. The van der Waals surface area contributed by atoms with E-state index < -0.39 is 0 Å². The van der Waals surface area contributed by atoms with Crippen molar-refractivity contribution in [2.45, 2.75) is 31.2 Å². The van der Waals surface area contributed by atoms with Gasteiger partial charge in [0, 0.05) is 16.1 Å². The topological polar surface area (TPSA) is 12.0 Å². The van der Waals surface area contributed by atoms with Crippen molar-refractivity contribution in [1.82, 2.24) is 0 Å². The van der Waals surface area contributed by atoms with Crippen molar-refractivity contribution in [1.29, 1.82) is 0 Å². The molecule has 2 aromatic rings. The highest BCUT2D eigenvalue weighted by molar-refractivity contribution is 6.30. The Bertz CT molecular complexity index is 650. The van der Waals surface area contributed by atoms with Gasteiger partial charge in [-0.05, 0) is 42.2 Å². The molecule has 1 N–H and O–H groups in total. The Morgan fingerprint density at radius 1 is 1.29 bits per heavy atom. The molecule has 2 atom stereocenters. The lowest BCUT2D eigenvalue weighted by Crippen LogP contribution is -2.33. The highest BCUT2D eigenvalue weighted by atomic mass is 35.5. The van der Waals surface area contributed by atoms with E-state index >= 15 is 0 Å². The van der Waals surface area contributed by atoms with Crippen molar-refractivity contribution in [3.05, 3.63) is 77.3 Å². The minimum Gasteiger partial charge on any atom is -0.378 e. The molecular weight excluding hydrogens is 278 g/mol. The molecule has 1 heterocycles. The lowest BCUT2D eigenvalue weighted by atomic mass is 9.70. The summed E-state index contributed by atoms with van der Waals surface area (Å²) in [4.78, 5) is 0. The van der Waals surface area contributed by atoms with E-state index in [0.717, 1.165) is 17.9 Å². The number of allylic oxidation sites excluding steroid dienone is 1. The van der Waals surface area contributed by atoms with Gasteiger partial charge in [0.1, 0.15) is 0 Å². The average molecular weight is 298 g/mol. The lowest BCUT2D eigenvalue weighted by molar-refractivity contribution is 0.394. The molecule has 2 aromatic carbocycles. The van der Waals surface area contributed by atoms with Crippen molar-refractivity contribution < 1.29 is 0 Å². The number of anilines is 1. The summed E-state index contributed by atoms with van der Waals surface area (Å²) in [6, 6.07) is 17.1. The van der Waals surface area contributed by atoms with Gasteiger partial charge in [0.25, 0.3) is 0 Å². The largest absolute Gasteiger partial charge is 0.378 e. The van der Waals surface area contributed by atoms with E-state index in [-0.39, 0.29) is 5.41 Å². The van der Waals surface area contributed by atoms with Crippen LogP contribution in [0.4, 0.5) is 5.69 Å². The summed E-state index contributed by atoms with van der Waals surface area (Å²) in [5.41, 5.74) is 3.87. The van der Waals surface area contributed by atoms with Gasteiger partial charge in [-0.3, -0.25) is 0 Å². The first-order valence-electron chi connectivity index (χ1n) is 7.35. The van der Waals surface area contributed by atoms with E-state index in [1.54, 1.807) is 0 Å². The third-order valence-corrected chi connectivity index (χ3v) is 4.65. The van der Waals surface area contributed by atoms with Crippen LogP contribution in [0.2, 0.25) is 5.02 Å². The molecule has 0 aliphatic carbocycles. The fourth-order valence-electron chi connectivity index (χ4n) is 3.34. The fraction of sp³-hybridized carbons (Fsp3) is 0.263. The van der Waals surface area contributed by atoms with E-state index in [1.165, 1.54) is 16.8 Å². The van der Waals surface area contributed by atoms with Crippen LogP contribution in [0.1, 0.15) is 36.9 Å². The van der Waals surface area contributed by atoms with E-state index in [2.05, 4.69) is 61.3 Å². The molecule has 1 aliphatic rings. The highest BCUT2D eigenvalue weighted by Crippen LogP contribution is 2.47. The smallest absolute Gasteiger partial charge is 0.0522 e. The molecule has 3 rings (SSSR count). The standard InChI is InChI=1S/C19H20ClN/c1-3-11-19(2)13-18(14-7-5-4-6-8-14)21-17-10-9-15(20)12-16(17)19/h3-10,12,18,21H,1,11,13H2,2H3. The predicted molar refractivity (Wildman–Crippen MR) is 91.0 cm³/mol. The summed E-state index contributed by atoms with van der Waals surface area (Å²) < 4.78 is 0. The number of hydrogen-bond donors (Lipinski definition) is 1. The first kappa shape index (κ1) is 14.2. The van der Waals surface area contributed by atoms with Crippen molar-refractivity contribution in [3.8, 4) is 0 Å². The quantitative estimate of drug-likeness (QED) is 0.713. The van der Waals surface area contributed by atoms with Crippen LogP contribution in [0.25, 0.3) is 0 Å². The number of benzene rings is 2. The van der Waals surface area contributed by atoms with Crippen LogP contribution in [0, 0.1) is 0 Å². The molecule has 0 saturated carbocycles. The van der Waals surface area contributed by atoms with Gasteiger partial charge < -0.3 is 5.32 Å². The highest BCUT2D eigenvalue weighted by Gasteiger charge is 2.36. The first-order chi connectivity index (χ1) is 10.1. The summed E-state index contributed by atoms with van der Waals surface area (Å²) in [6.45, 7) is 6.25. The molecule has 0 fully saturated rings. The minimum absolute atomic E-state index is 0.0632. The predicted octanol–water partition coefficient (Wildman–Crippen LogP) is 5.73. The molecule has 1 nitrogen and oxygen atoms in total. The molecule has 0 aromatic heterocycles. The van der Waals surface area contributed by atoms with Crippen molar-refractivity contribution in [3.63, 3.8) is 0 Å². The minimum atomic E-state index is 0.0632. The zero-order valence-corrected chi connectivity index (χ0v) is 13.0. The molecule has 0 radical (unpaired) electrons. The molecule has 0 saturated heterocycles. The van der Waals surface area contributed by atoms with Crippen LogP contribution in [-0.4, -0.2) is 0 Å². The van der Waals surface area contributed by atoms with Gasteiger partial charge >= 0.3 is 0 Å². The maximum Gasteiger partial charge on any atom is 0.0522 e. The molecule has 1 aliphatic heterocycles. The summed E-state index contributed by atoms with van der Waals surface area (Å²) in [7, 11) is 0. The first-order valence-corrected chi connectivity index (χ1v) is 7.72. The van der Waals surface area contributed by atoms with Gasteiger partial charge in [-0.15, -0.1) is 6.58 Å². The molecule has 108 valence electrons. The second kappa shape index (κ2) is 5.57. The van der Waals surface area contributed by atoms with Gasteiger partial charge in [-0.25, -0.2) is 0 Å². The number of fused-ring (bicyclic) bond motifs is 1. The molecule has 2 unspecified atom stereocenters. The maximum atomic E-state index is 6.20. The summed E-state index contributed by atoms with van der Waals surface area (Å²) in [5.74, 6) is 0. The van der Waals surface area contributed by atoms with Gasteiger partial charge in [0.15, 0.2) is 0 Å². The van der Waals surface area contributed by atoms with Crippen LogP contribution < -0.4 is 5.32 Å². The maximum absolute atomic E-state index is 6.20. The number of rotatable bonds is 3. The molecule has 0 amide bonds. The van der Waals surface area contributed by atoms with Crippen molar-refractivity contribution in [2.24, 2.45) is 0 Å². The van der Waals surface area contributed by atoms with E-state index in [0.29, 0.717) is 6.04 Å². The Labute approximate surface area is 131 Å². The average Bonchev–Trinajstić information content (AvgIpc) is 2.49. The molecular formula is C19H20ClN. The van der Waals surface area contributed by atoms with E-state index in [9.17, 15) is 0 Å². The molecule has 0 bridgehead atoms. The summed E-state index contributed by atoms with van der Waals surface area (Å²) in [6.07, 6.45) is 4.00. The molecule has 2 heteroatoms. The normalized spacial score (nSPS) is 24.0. The van der Waals surface area contributed by atoms with Crippen molar-refractivity contribution >= 4 is 17.3 Å². The number of nitrogens with one attached hydrogen (secondary N) is 1. The van der Waals surface area contributed by atoms with Crippen molar-refractivity contribution in [2.75, 3.05) is 5.32 Å². The fourth-order valence-corrected chi connectivity index (χ4v) is 3.51. The second-order valence-corrected chi connectivity index (χ2v) is 6.49. The monoisotopic (exact) mass is 297 g/mol. The van der Waals surface area contributed by atoms with Crippen LogP contribution >= 0.6 is 11.6 Å². The van der Waals surface area contributed by atoms with Crippen LogP contribution in [0.5, 0.6) is 0 Å². The lowest BCUT2D eigenvalue weighted by Gasteiger charge is -2.41. The Morgan fingerprint density at radius 2 is 2.05 bits per heavy atom. The zero-order chi connectivity index (χ0) is 14.9. The van der Waals surface area contributed by atoms with Crippen LogP contribution in [0.3, 0.4) is 0 Å². The third kappa shape index (κ3) is 2.71. The van der Waals surface area contributed by atoms with Gasteiger partial charge in [0.2, 0.25) is 0 Å². The number of hydrogen-bond acceptors (Lipinski definition) is 1. The Kier molecular flexibility index (Phi) is 3.77. The Morgan fingerprint density at radius 3 is 2.76 bits per heavy atom. The molecule has 0 spiro atoms. The summed E-state index contributed by atoms with van der Waals surface area (Å²) in [5, 5.41) is 4.46. The Balaban J connectivity index is 2.05. The van der Waals surface area contributed by atoms with E-state index in [1.807, 2.05) is 12.1 Å². The van der Waals surface area contributed by atoms with E-state index in [4.69, 9.17) is 11.6 Å². The number of halogens is 1. The SMILES string of the molecule is C=CCC1(C)CC(c2ccccc2)Nc2ccc(Cl)cc21. The van der Waals surface area contributed by atoms with Crippen LogP contribution in [0.15, 0.2) is 61.2 Å². The van der Waals surface area contributed by atoms with Gasteiger partial charge in [-0.1, -0.05) is 54.9 Å². The third-order valence-electron chi connectivity index (χ3n) is 4.41. The Hall–Kier alpha value is -1.73. The van der Waals surface area contributed by atoms with Crippen LogP contribution in [-0.2, 0) is 5.41 Å². The van der Waals surface area contributed by atoms with Gasteiger partial charge in [0.05, 0.1) is 6.04 Å². The summed E-state index contributed by atoms with van der Waals surface area (Å²) >= 11 is 6.20. The van der Waals surface area contributed by atoms with Gasteiger partial charge in [-0.2, -0.15) is 0 Å².